The number of benzene rings is 2. The Hall–Kier alpha value is -2.85. The third-order valence-electron chi connectivity index (χ3n) is 4.25. The van der Waals surface area contributed by atoms with Crippen molar-refractivity contribution < 1.29 is 5.11 Å². The molecular formula is C20H16ClN3O. The van der Waals surface area contributed by atoms with Crippen molar-refractivity contribution in [2.24, 2.45) is 5.10 Å². The zero-order chi connectivity index (χ0) is 17.2. The molecule has 3 aromatic rings. The lowest BCUT2D eigenvalue weighted by Crippen LogP contribution is -2.19. The number of phenols is 1. The number of aromatic hydroxyl groups is 1. The topological polar surface area (TPSA) is 48.7 Å². The van der Waals surface area contributed by atoms with Crippen LogP contribution in [0.25, 0.3) is 0 Å². The maximum atomic E-state index is 10.2. The Bertz CT molecular complexity index is 913. The fourth-order valence-corrected chi connectivity index (χ4v) is 3.22. The largest absolute Gasteiger partial charge is 0.507 e. The molecule has 1 aromatic heterocycles. The fraction of sp³-hybridized carbons (Fsp3) is 0.100. The maximum absolute atomic E-state index is 10.2. The average Bonchev–Trinajstić information content (AvgIpc) is 3.10. The van der Waals surface area contributed by atoms with Crippen LogP contribution in [0.3, 0.4) is 0 Å². The molecule has 2 heterocycles. The van der Waals surface area contributed by atoms with Crippen LogP contribution < -0.4 is 5.01 Å². The predicted octanol–water partition coefficient (Wildman–Crippen LogP) is 4.80. The molecule has 25 heavy (non-hydrogen) atoms. The third-order valence-corrected chi connectivity index (χ3v) is 4.48. The molecule has 1 aliphatic rings. The Kier molecular flexibility index (Phi) is 4.12. The Morgan fingerprint density at radius 2 is 1.80 bits per heavy atom. The lowest BCUT2D eigenvalue weighted by molar-refractivity contribution is 0.474. The fourth-order valence-electron chi connectivity index (χ4n) is 3.05. The van der Waals surface area contributed by atoms with Gasteiger partial charge in [-0.3, -0.25) is 0 Å². The summed E-state index contributed by atoms with van der Waals surface area (Å²) < 4.78 is 0. The minimum absolute atomic E-state index is 0.0180. The van der Waals surface area contributed by atoms with Crippen molar-refractivity contribution in [3.05, 3.63) is 89.1 Å². The molecule has 0 saturated carbocycles. The summed E-state index contributed by atoms with van der Waals surface area (Å²) >= 11 is 6.11. The molecule has 4 rings (SSSR count). The summed E-state index contributed by atoms with van der Waals surface area (Å²) in [5.74, 6) is 0.950. The SMILES string of the molecule is Oc1ccc(Cl)cc1C1=NN(c2ccccn2)C(c2ccccc2)C1. The molecule has 0 radical (unpaired) electrons. The number of anilines is 1. The van der Waals surface area contributed by atoms with Crippen molar-refractivity contribution in [3.8, 4) is 5.75 Å². The van der Waals surface area contributed by atoms with E-state index in [0.29, 0.717) is 17.0 Å². The highest BCUT2D eigenvalue weighted by atomic mass is 35.5. The van der Waals surface area contributed by atoms with Gasteiger partial charge in [-0.25, -0.2) is 9.99 Å². The van der Waals surface area contributed by atoms with Gasteiger partial charge in [0.25, 0.3) is 0 Å². The molecule has 0 bridgehead atoms. The van der Waals surface area contributed by atoms with E-state index in [0.717, 1.165) is 17.1 Å². The molecule has 0 fully saturated rings. The van der Waals surface area contributed by atoms with Gasteiger partial charge in [-0.1, -0.05) is 48.0 Å². The van der Waals surface area contributed by atoms with E-state index in [-0.39, 0.29) is 11.8 Å². The number of aromatic nitrogens is 1. The van der Waals surface area contributed by atoms with Gasteiger partial charge in [0.05, 0.1) is 11.8 Å². The second-order valence-corrected chi connectivity index (χ2v) is 6.31. The van der Waals surface area contributed by atoms with E-state index in [9.17, 15) is 5.11 Å². The van der Waals surface area contributed by atoms with Crippen molar-refractivity contribution in [3.63, 3.8) is 0 Å². The van der Waals surface area contributed by atoms with E-state index in [1.54, 1.807) is 24.4 Å². The van der Waals surface area contributed by atoms with Gasteiger partial charge in [-0.2, -0.15) is 5.10 Å². The summed E-state index contributed by atoms with van der Waals surface area (Å²) in [6.45, 7) is 0. The van der Waals surface area contributed by atoms with Crippen LogP contribution in [0.2, 0.25) is 5.02 Å². The quantitative estimate of drug-likeness (QED) is 0.739. The van der Waals surface area contributed by atoms with Gasteiger partial charge in [0.15, 0.2) is 0 Å². The Labute approximate surface area is 151 Å². The van der Waals surface area contributed by atoms with Crippen LogP contribution in [0.1, 0.15) is 23.6 Å². The number of hydrazone groups is 1. The van der Waals surface area contributed by atoms with Gasteiger partial charge in [0, 0.05) is 23.2 Å². The molecule has 1 unspecified atom stereocenters. The van der Waals surface area contributed by atoms with Crippen LogP contribution in [0.15, 0.2) is 78.0 Å². The van der Waals surface area contributed by atoms with Crippen LogP contribution in [-0.2, 0) is 0 Å². The summed E-state index contributed by atoms with van der Waals surface area (Å²) in [4.78, 5) is 4.43. The lowest BCUT2D eigenvalue weighted by atomic mass is 9.98. The first-order chi connectivity index (χ1) is 12.2. The molecule has 0 spiro atoms. The van der Waals surface area contributed by atoms with Crippen LogP contribution >= 0.6 is 11.6 Å². The zero-order valence-corrected chi connectivity index (χ0v) is 14.1. The van der Waals surface area contributed by atoms with E-state index >= 15 is 0 Å². The number of rotatable bonds is 3. The van der Waals surface area contributed by atoms with Gasteiger partial charge < -0.3 is 5.11 Å². The minimum atomic E-state index is 0.0180. The molecule has 2 aromatic carbocycles. The molecule has 1 atom stereocenters. The van der Waals surface area contributed by atoms with Crippen molar-refractivity contribution in [2.75, 3.05) is 5.01 Å². The van der Waals surface area contributed by atoms with Crippen molar-refractivity contribution in [2.45, 2.75) is 12.5 Å². The number of nitrogens with zero attached hydrogens (tertiary/aromatic N) is 3. The van der Waals surface area contributed by atoms with Gasteiger partial charge in [0.2, 0.25) is 0 Å². The monoisotopic (exact) mass is 349 g/mol. The number of halogens is 1. The smallest absolute Gasteiger partial charge is 0.149 e. The van der Waals surface area contributed by atoms with Crippen LogP contribution in [0.4, 0.5) is 5.82 Å². The van der Waals surface area contributed by atoms with Crippen LogP contribution in [-0.4, -0.2) is 15.8 Å². The summed E-state index contributed by atoms with van der Waals surface area (Å²) in [5, 5.41) is 17.5. The second-order valence-electron chi connectivity index (χ2n) is 5.87. The van der Waals surface area contributed by atoms with Gasteiger partial charge in [-0.15, -0.1) is 0 Å². The average molecular weight is 350 g/mol. The molecule has 5 heteroatoms. The molecule has 0 aliphatic carbocycles. The number of phenolic OH excluding ortho intramolecular Hbond substituents is 1. The minimum Gasteiger partial charge on any atom is -0.507 e. The van der Waals surface area contributed by atoms with Gasteiger partial charge in [0.1, 0.15) is 11.6 Å². The number of pyridine rings is 1. The first kappa shape index (κ1) is 15.7. The van der Waals surface area contributed by atoms with E-state index in [2.05, 4.69) is 17.1 Å². The van der Waals surface area contributed by atoms with E-state index < -0.39 is 0 Å². The van der Waals surface area contributed by atoms with Crippen molar-refractivity contribution >= 4 is 23.1 Å². The first-order valence-electron chi connectivity index (χ1n) is 8.04. The van der Waals surface area contributed by atoms with Crippen LogP contribution in [0, 0.1) is 0 Å². The summed E-state index contributed by atoms with van der Waals surface area (Å²) in [6.07, 6.45) is 2.41. The van der Waals surface area contributed by atoms with E-state index in [1.165, 1.54) is 0 Å². The van der Waals surface area contributed by atoms with Crippen molar-refractivity contribution in [1.29, 1.82) is 0 Å². The second kappa shape index (κ2) is 6.57. The predicted molar refractivity (Wildman–Crippen MR) is 100 cm³/mol. The number of hydrogen-bond donors (Lipinski definition) is 1. The molecule has 124 valence electrons. The highest BCUT2D eigenvalue weighted by Crippen LogP contribution is 2.37. The Balaban J connectivity index is 1.79. The van der Waals surface area contributed by atoms with E-state index in [4.69, 9.17) is 16.7 Å². The molecule has 4 nitrogen and oxygen atoms in total. The third kappa shape index (κ3) is 3.08. The normalized spacial score (nSPS) is 16.8. The molecule has 1 aliphatic heterocycles. The summed E-state index contributed by atoms with van der Waals surface area (Å²) in [6, 6.07) is 21.0. The first-order valence-corrected chi connectivity index (χ1v) is 8.42. The van der Waals surface area contributed by atoms with E-state index in [1.807, 2.05) is 41.4 Å². The maximum Gasteiger partial charge on any atom is 0.149 e. The molecule has 0 amide bonds. The Morgan fingerprint density at radius 3 is 2.56 bits per heavy atom. The van der Waals surface area contributed by atoms with Crippen molar-refractivity contribution in [1.82, 2.24) is 4.98 Å². The highest BCUT2D eigenvalue weighted by molar-refractivity contribution is 6.31. The molecule has 1 N–H and O–H groups in total. The standard InChI is InChI=1S/C20H16ClN3O/c21-15-9-10-19(25)16(12-15)17-13-18(14-6-2-1-3-7-14)24(23-17)20-8-4-5-11-22-20/h1-12,18,25H,13H2. The summed E-state index contributed by atoms with van der Waals surface area (Å²) in [5.41, 5.74) is 2.60. The molecule has 0 saturated heterocycles. The van der Waals surface area contributed by atoms with Gasteiger partial charge in [-0.05, 0) is 35.9 Å². The lowest BCUT2D eigenvalue weighted by Gasteiger charge is -2.22. The van der Waals surface area contributed by atoms with Crippen LogP contribution in [0.5, 0.6) is 5.75 Å². The number of hydrogen-bond acceptors (Lipinski definition) is 4. The van der Waals surface area contributed by atoms with Gasteiger partial charge >= 0.3 is 0 Å². The Morgan fingerprint density at radius 1 is 1.00 bits per heavy atom. The summed E-state index contributed by atoms with van der Waals surface area (Å²) in [7, 11) is 0. The highest BCUT2D eigenvalue weighted by Gasteiger charge is 2.31. The zero-order valence-electron chi connectivity index (χ0n) is 13.4. The molecular weight excluding hydrogens is 334 g/mol.